The van der Waals surface area contributed by atoms with Crippen molar-refractivity contribution in [2.75, 3.05) is 18.0 Å². The Morgan fingerprint density at radius 2 is 1.94 bits per heavy atom. The van der Waals surface area contributed by atoms with Gasteiger partial charge in [0.05, 0.1) is 5.39 Å². The number of aromatic nitrogens is 4. The highest BCUT2D eigenvalue weighted by Crippen LogP contribution is 2.40. The Labute approximate surface area is 194 Å². The highest BCUT2D eigenvalue weighted by atomic mass is 19.3. The number of fused-ring (bicyclic) bond motifs is 1. The third kappa shape index (κ3) is 3.92. The summed E-state index contributed by atoms with van der Waals surface area (Å²) >= 11 is 0. The average molecular weight is 474 g/mol. The van der Waals surface area contributed by atoms with E-state index in [1.54, 1.807) is 4.90 Å². The van der Waals surface area contributed by atoms with Crippen LogP contribution in [-0.4, -0.2) is 61.3 Å². The van der Waals surface area contributed by atoms with Crippen LogP contribution in [0.2, 0.25) is 0 Å². The molecule has 3 aromatic heterocycles. The van der Waals surface area contributed by atoms with Crippen LogP contribution in [0.3, 0.4) is 0 Å². The van der Waals surface area contributed by atoms with Crippen LogP contribution in [0.15, 0.2) is 30.9 Å². The maximum atomic E-state index is 14.1. The molecule has 0 spiro atoms. The zero-order valence-corrected chi connectivity index (χ0v) is 19.1. The standard InChI is InChI=1S/C23H25F3N6O2/c1-13-10-31(22(33)34-23(3)5-6-23)14(2)9-30(13)20-18-16(19(25)26)11-32(21(18)29-12-28-20)17-8-15(24)4-7-27-17/h4,7-8,11-14,19H,5-6,9-10H2,1-3H3/t13-,14+/m0/s1. The molecule has 0 radical (unpaired) electrons. The molecule has 180 valence electrons. The number of pyridine rings is 1. The van der Waals surface area contributed by atoms with Crippen molar-refractivity contribution in [3.8, 4) is 5.82 Å². The summed E-state index contributed by atoms with van der Waals surface area (Å²) in [7, 11) is 0. The summed E-state index contributed by atoms with van der Waals surface area (Å²) in [5.74, 6) is -0.0497. The number of rotatable bonds is 4. The van der Waals surface area contributed by atoms with Crippen molar-refractivity contribution in [2.45, 2.75) is 57.7 Å². The molecule has 34 heavy (non-hydrogen) atoms. The maximum Gasteiger partial charge on any atom is 0.410 e. The van der Waals surface area contributed by atoms with Gasteiger partial charge in [-0.05, 0) is 39.7 Å². The maximum absolute atomic E-state index is 14.1. The molecular formula is C23H25F3N6O2. The van der Waals surface area contributed by atoms with Crippen LogP contribution in [0, 0.1) is 5.82 Å². The molecule has 2 atom stereocenters. The van der Waals surface area contributed by atoms with E-state index in [0.29, 0.717) is 18.9 Å². The van der Waals surface area contributed by atoms with Crippen LogP contribution in [0.1, 0.15) is 45.6 Å². The minimum Gasteiger partial charge on any atom is -0.443 e. The molecule has 1 saturated heterocycles. The van der Waals surface area contributed by atoms with Gasteiger partial charge in [-0.1, -0.05) is 0 Å². The van der Waals surface area contributed by atoms with Crippen LogP contribution < -0.4 is 4.90 Å². The van der Waals surface area contributed by atoms with E-state index in [1.165, 1.54) is 29.4 Å². The first-order valence-corrected chi connectivity index (χ1v) is 11.2. The molecule has 1 amide bonds. The van der Waals surface area contributed by atoms with Gasteiger partial charge in [0.2, 0.25) is 0 Å². The number of piperazine rings is 1. The summed E-state index contributed by atoms with van der Waals surface area (Å²) in [6, 6.07) is 1.90. The van der Waals surface area contributed by atoms with Crippen molar-refractivity contribution in [1.82, 2.24) is 24.4 Å². The topological polar surface area (TPSA) is 76.4 Å². The Balaban J connectivity index is 1.52. The van der Waals surface area contributed by atoms with Gasteiger partial charge in [0.25, 0.3) is 6.43 Å². The number of nitrogens with zero attached hydrogens (tertiary/aromatic N) is 6. The molecule has 2 fully saturated rings. The van der Waals surface area contributed by atoms with E-state index in [2.05, 4.69) is 15.0 Å². The van der Waals surface area contributed by atoms with Crippen LogP contribution >= 0.6 is 0 Å². The Hall–Kier alpha value is -3.37. The fourth-order valence-corrected chi connectivity index (χ4v) is 4.38. The van der Waals surface area contributed by atoms with Gasteiger partial charge in [-0.15, -0.1) is 0 Å². The second-order valence-corrected chi connectivity index (χ2v) is 9.30. The third-order valence-electron chi connectivity index (χ3n) is 6.56. The van der Waals surface area contributed by atoms with Crippen molar-refractivity contribution < 1.29 is 22.7 Å². The normalized spacial score (nSPS) is 21.9. The number of ether oxygens (including phenoxy) is 1. The summed E-state index contributed by atoms with van der Waals surface area (Å²) in [5, 5.41) is 0.184. The van der Waals surface area contributed by atoms with Crippen LogP contribution in [-0.2, 0) is 4.74 Å². The molecule has 5 rings (SSSR count). The molecule has 0 bridgehead atoms. The third-order valence-corrected chi connectivity index (χ3v) is 6.56. The van der Waals surface area contributed by atoms with Gasteiger partial charge in [-0.3, -0.25) is 4.57 Å². The lowest BCUT2D eigenvalue weighted by atomic mass is 10.1. The van der Waals surface area contributed by atoms with Gasteiger partial charge in [0.1, 0.15) is 29.4 Å². The quantitative estimate of drug-likeness (QED) is 0.555. The first-order valence-electron chi connectivity index (χ1n) is 11.2. The SMILES string of the molecule is C[C@@H]1CN(c2ncnc3c2c(C(F)F)cn3-c2cc(F)ccn2)[C@@H](C)CN1C(=O)OC1(C)CC1. The van der Waals surface area contributed by atoms with E-state index < -0.39 is 12.2 Å². The molecule has 4 heterocycles. The van der Waals surface area contributed by atoms with Gasteiger partial charge in [-0.2, -0.15) is 0 Å². The largest absolute Gasteiger partial charge is 0.443 e. The molecule has 3 aromatic rings. The monoisotopic (exact) mass is 474 g/mol. The number of amides is 1. The van der Waals surface area contributed by atoms with E-state index in [4.69, 9.17) is 4.74 Å². The van der Waals surface area contributed by atoms with Gasteiger partial charge in [0, 0.05) is 49.2 Å². The highest BCUT2D eigenvalue weighted by Gasteiger charge is 2.44. The second-order valence-electron chi connectivity index (χ2n) is 9.30. The van der Waals surface area contributed by atoms with E-state index in [-0.39, 0.29) is 46.2 Å². The van der Waals surface area contributed by atoms with Crippen molar-refractivity contribution in [2.24, 2.45) is 0 Å². The molecule has 2 aliphatic rings. The van der Waals surface area contributed by atoms with Crippen molar-refractivity contribution in [1.29, 1.82) is 0 Å². The molecule has 1 saturated carbocycles. The Morgan fingerprint density at radius 3 is 2.62 bits per heavy atom. The number of hydrogen-bond acceptors (Lipinski definition) is 6. The lowest BCUT2D eigenvalue weighted by molar-refractivity contribution is 0.0421. The number of alkyl halides is 2. The number of carbonyl (C=O) groups is 1. The van der Waals surface area contributed by atoms with Crippen molar-refractivity contribution in [3.05, 3.63) is 42.2 Å². The van der Waals surface area contributed by atoms with E-state index >= 15 is 0 Å². The van der Waals surface area contributed by atoms with Crippen LogP contribution in [0.4, 0.5) is 23.8 Å². The Kier molecular flexibility index (Phi) is 5.37. The molecule has 0 unspecified atom stereocenters. The molecule has 1 aliphatic heterocycles. The summed E-state index contributed by atoms with van der Waals surface area (Å²) in [5.41, 5.74) is -0.433. The molecular weight excluding hydrogens is 449 g/mol. The van der Waals surface area contributed by atoms with Gasteiger partial charge in [-0.25, -0.2) is 32.9 Å². The first kappa shape index (κ1) is 22.4. The predicted molar refractivity (Wildman–Crippen MR) is 119 cm³/mol. The molecule has 8 nitrogen and oxygen atoms in total. The smallest absolute Gasteiger partial charge is 0.410 e. The second kappa shape index (κ2) is 8.14. The summed E-state index contributed by atoms with van der Waals surface area (Å²) in [6.07, 6.45) is 2.35. The average Bonchev–Trinajstić information content (AvgIpc) is 3.37. The number of carbonyl (C=O) groups excluding carboxylic acids is 1. The fourth-order valence-electron chi connectivity index (χ4n) is 4.38. The lowest BCUT2D eigenvalue weighted by Gasteiger charge is -2.44. The number of halogens is 3. The van der Waals surface area contributed by atoms with E-state index in [9.17, 15) is 18.0 Å². The fraction of sp³-hybridized carbons (Fsp3) is 0.478. The van der Waals surface area contributed by atoms with E-state index in [1.807, 2.05) is 25.7 Å². The zero-order valence-electron chi connectivity index (χ0n) is 19.1. The lowest BCUT2D eigenvalue weighted by Crippen LogP contribution is -2.59. The molecule has 0 N–H and O–H groups in total. The molecule has 11 heteroatoms. The van der Waals surface area contributed by atoms with Crippen LogP contribution in [0.5, 0.6) is 0 Å². The van der Waals surface area contributed by atoms with Gasteiger partial charge in [0.15, 0.2) is 5.65 Å². The molecule has 0 aromatic carbocycles. The van der Waals surface area contributed by atoms with E-state index in [0.717, 1.165) is 18.9 Å². The first-order chi connectivity index (χ1) is 16.2. The van der Waals surface area contributed by atoms with Gasteiger partial charge >= 0.3 is 6.09 Å². The zero-order chi connectivity index (χ0) is 24.2. The molecule has 1 aliphatic carbocycles. The minimum absolute atomic E-state index is 0.143. The Morgan fingerprint density at radius 1 is 1.18 bits per heavy atom. The highest BCUT2D eigenvalue weighted by molar-refractivity contribution is 5.92. The van der Waals surface area contributed by atoms with Crippen LogP contribution in [0.25, 0.3) is 16.9 Å². The minimum atomic E-state index is -2.80. The summed E-state index contributed by atoms with van der Waals surface area (Å²) in [6.45, 7) is 6.45. The number of hydrogen-bond donors (Lipinski definition) is 0. The Bertz CT molecular complexity index is 1240. The van der Waals surface area contributed by atoms with Gasteiger partial charge < -0.3 is 14.5 Å². The summed E-state index contributed by atoms with van der Waals surface area (Å²) in [4.78, 5) is 29.0. The predicted octanol–water partition coefficient (Wildman–Crippen LogP) is 4.48. The van der Waals surface area contributed by atoms with Crippen molar-refractivity contribution in [3.63, 3.8) is 0 Å². The van der Waals surface area contributed by atoms with Crippen molar-refractivity contribution >= 4 is 22.9 Å². The number of anilines is 1. The summed E-state index contributed by atoms with van der Waals surface area (Å²) < 4.78 is 49.0.